The molecule has 1 saturated carbocycles. The van der Waals surface area contributed by atoms with E-state index >= 15 is 0 Å². The van der Waals surface area contributed by atoms with Crippen molar-refractivity contribution in [3.05, 3.63) is 27.9 Å². The Morgan fingerprint density at radius 1 is 1.28 bits per heavy atom. The zero-order valence-electron chi connectivity index (χ0n) is 14.0. The van der Waals surface area contributed by atoms with Gasteiger partial charge in [-0.3, -0.25) is 14.4 Å². The van der Waals surface area contributed by atoms with Gasteiger partial charge in [0, 0.05) is 31.7 Å². The number of hydrogen-bond acceptors (Lipinski definition) is 5. The van der Waals surface area contributed by atoms with Crippen molar-refractivity contribution in [1.82, 2.24) is 20.2 Å². The number of carbonyl (C=O) groups is 2. The van der Waals surface area contributed by atoms with Gasteiger partial charge >= 0.3 is 5.97 Å². The van der Waals surface area contributed by atoms with Crippen LogP contribution in [0.5, 0.6) is 0 Å². The highest BCUT2D eigenvalue weighted by Crippen LogP contribution is 2.40. The van der Waals surface area contributed by atoms with Crippen LogP contribution in [0.25, 0.3) is 0 Å². The minimum atomic E-state index is -0.816. The lowest BCUT2D eigenvalue weighted by molar-refractivity contribution is -0.139. The number of hydrogen-bond donors (Lipinski definition) is 3. The lowest BCUT2D eigenvalue weighted by atomic mass is 9.76. The molecule has 0 radical (unpaired) electrons. The second-order valence-electron chi connectivity index (χ2n) is 7.55. The van der Waals surface area contributed by atoms with E-state index in [0.29, 0.717) is 37.8 Å². The minimum Gasteiger partial charge on any atom is -0.480 e. The molecule has 2 saturated heterocycles. The van der Waals surface area contributed by atoms with Gasteiger partial charge in [-0.15, -0.1) is 0 Å². The molecule has 25 heavy (non-hydrogen) atoms. The molecule has 134 valence electrons. The van der Waals surface area contributed by atoms with Crippen LogP contribution in [-0.4, -0.2) is 57.5 Å². The zero-order valence-corrected chi connectivity index (χ0v) is 14.0. The van der Waals surface area contributed by atoms with Crippen LogP contribution in [0.2, 0.25) is 0 Å². The van der Waals surface area contributed by atoms with Gasteiger partial charge in [0.1, 0.15) is 17.4 Å². The summed E-state index contributed by atoms with van der Waals surface area (Å²) in [6.07, 6.45) is 5.58. The quantitative estimate of drug-likeness (QED) is 0.726. The van der Waals surface area contributed by atoms with E-state index in [1.165, 1.54) is 6.20 Å². The number of aromatic amines is 1. The van der Waals surface area contributed by atoms with Crippen LogP contribution in [0, 0.1) is 5.41 Å². The molecule has 2 aliphatic heterocycles. The van der Waals surface area contributed by atoms with Gasteiger partial charge < -0.3 is 20.3 Å². The van der Waals surface area contributed by atoms with Crippen molar-refractivity contribution < 1.29 is 14.7 Å². The highest BCUT2D eigenvalue weighted by atomic mass is 16.4. The van der Waals surface area contributed by atoms with Gasteiger partial charge in [0.15, 0.2) is 0 Å². The molecule has 1 spiro atoms. The van der Waals surface area contributed by atoms with E-state index in [1.807, 2.05) is 0 Å². The third-order valence-corrected chi connectivity index (χ3v) is 5.78. The Labute approximate surface area is 144 Å². The Kier molecular flexibility index (Phi) is 3.87. The van der Waals surface area contributed by atoms with Crippen molar-refractivity contribution in [3.8, 4) is 0 Å². The summed E-state index contributed by atoms with van der Waals surface area (Å²) >= 11 is 0. The number of amides is 1. The van der Waals surface area contributed by atoms with E-state index in [-0.39, 0.29) is 22.4 Å². The van der Waals surface area contributed by atoms with Crippen LogP contribution < -0.4 is 10.9 Å². The predicted octanol–water partition coefficient (Wildman–Crippen LogP) is 0.316. The molecule has 3 fully saturated rings. The van der Waals surface area contributed by atoms with E-state index in [2.05, 4.69) is 15.3 Å². The highest BCUT2D eigenvalue weighted by molar-refractivity contribution is 5.93. The van der Waals surface area contributed by atoms with Gasteiger partial charge in [-0.05, 0) is 37.5 Å². The van der Waals surface area contributed by atoms with E-state index < -0.39 is 12.0 Å². The van der Waals surface area contributed by atoms with Crippen molar-refractivity contribution in [2.75, 3.05) is 19.6 Å². The molecular formula is C17H22N4O4. The van der Waals surface area contributed by atoms with Gasteiger partial charge in [-0.1, -0.05) is 0 Å². The molecule has 3 N–H and O–H groups in total. The van der Waals surface area contributed by atoms with Crippen molar-refractivity contribution in [2.24, 2.45) is 5.41 Å². The second kappa shape index (κ2) is 5.94. The SMILES string of the molecule is O=C(O)[C@H]1CC2(CCN(C(=O)c3cnc(C4CC4)[nH]c3=O)CC2)CN1. The monoisotopic (exact) mass is 346 g/mol. The first kappa shape index (κ1) is 16.3. The number of rotatable bonds is 3. The van der Waals surface area contributed by atoms with Gasteiger partial charge in [-0.2, -0.15) is 0 Å². The third-order valence-electron chi connectivity index (χ3n) is 5.78. The zero-order chi connectivity index (χ0) is 17.6. The number of nitrogens with zero attached hydrogens (tertiary/aromatic N) is 2. The molecule has 0 unspecified atom stereocenters. The standard InChI is InChI=1S/C17H22N4O4/c22-14-11(8-18-13(20-14)10-1-2-10)15(23)21-5-3-17(4-6-21)7-12(16(24)25)19-9-17/h8,10,12,19H,1-7,9H2,(H,24,25)(H,18,20,22)/t12-/m1/s1. The smallest absolute Gasteiger partial charge is 0.320 e. The number of nitrogens with one attached hydrogen (secondary N) is 2. The van der Waals surface area contributed by atoms with E-state index in [1.54, 1.807) is 4.90 Å². The average molecular weight is 346 g/mol. The first-order valence-corrected chi connectivity index (χ1v) is 8.82. The van der Waals surface area contributed by atoms with Gasteiger partial charge in [0.2, 0.25) is 0 Å². The molecule has 1 aromatic heterocycles. The molecule has 0 aromatic carbocycles. The number of carboxylic acids is 1. The molecule has 4 rings (SSSR count). The number of carbonyl (C=O) groups excluding carboxylic acids is 1. The summed E-state index contributed by atoms with van der Waals surface area (Å²) in [6.45, 7) is 1.75. The molecule has 1 amide bonds. The van der Waals surface area contributed by atoms with Gasteiger partial charge in [-0.25, -0.2) is 4.98 Å². The van der Waals surface area contributed by atoms with Crippen molar-refractivity contribution in [3.63, 3.8) is 0 Å². The Morgan fingerprint density at radius 3 is 2.56 bits per heavy atom. The lowest BCUT2D eigenvalue weighted by Crippen LogP contribution is -2.45. The van der Waals surface area contributed by atoms with Crippen LogP contribution >= 0.6 is 0 Å². The maximum absolute atomic E-state index is 12.6. The number of carboxylic acid groups (broad SMARTS) is 1. The fourth-order valence-corrected chi connectivity index (χ4v) is 3.95. The first-order chi connectivity index (χ1) is 12.0. The molecule has 1 aliphatic carbocycles. The molecular weight excluding hydrogens is 324 g/mol. The largest absolute Gasteiger partial charge is 0.480 e. The fourth-order valence-electron chi connectivity index (χ4n) is 3.95. The van der Waals surface area contributed by atoms with Crippen LogP contribution in [-0.2, 0) is 4.79 Å². The van der Waals surface area contributed by atoms with E-state index in [0.717, 1.165) is 25.7 Å². The predicted molar refractivity (Wildman–Crippen MR) is 88.4 cm³/mol. The van der Waals surface area contributed by atoms with E-state index in [9.17, 15) is 14.4 Å². The van der Waals surface area contributed by atoms with Crippen LogP contribution in [0.4, 0.5) is 0 Å². The minimum absolute atomic E-state index is 0.0552. The number of likely N-dealkylation sites (tertiary alicyclic amines) is 1. The number of aromatic nitrogens is 2. The van der Waals surface area contributed by atoms with Crippen molar-refractivity contribution >= 4 is 11.9 Å². The van der Waals surface area contributed by atoms with Gasteiger partial charge in [0.25, 0.3) is 11.5 Å². The first-order valence-electron chi connectivity index (χ1n) is 8.82. The normalized spacial score (nSPS) is 25.3. The summed E-state index contributed by atoms with van der Waals surface area (Å²) in [5, 5.41) is 12.2. The maximum Gasteiger partial charge on any atom is 0.320 e. The Balaban J connectivity index is 1.42. The van der Waals surface area contributed by atoms with Crippen LogP contribution in [0.3, 0.4) is 0 Å². The fraction of sp³-hybridized carbons (Fsp3) is 0.647. The summed E-state index contributed by atoms with van der Waals surface area (Å²) in [5.74, 6) is -0.0879. The van der Waals surface area contributed by atoms with Gasteiger partial charge in [0.05, 0.1) is 0 Å². The molecule has 1 atom stereocenters. The molecule has 8 heteroatoms. The van der Waals surface area contributed by atoms with Crippen molar-refractivity contribution in [2.45, 2.75) is 44.1 Å². The number of piperidine rings is 1. The maximum atomic E-state index is 12.6. The highest BCUT2D eigenvalue weighted by Gasteiger charge is 2.44. The Morgan fingerprint density at radius 2 is 2.00 bits per heavy atom. The third kappa shape index (κ3) is 3.06. The summed E-state index contributed by atoms with van der Waals surface area (Å²) in [5.41, 5.74) is -0.329. The summed E-state index contributed by atoms with van der Waals surface area (Å²) < 4.78 is 0. The lowest BCUT2D eigenvalue weighted by Gasteiger charge is -2.38. The second-order valence-corrected chi connectivity index (χ2v) is 7.55. The Hall–Kier alpha value is -2.22. The molecule has 1 aromatic rings. The number of H-pyrrole nitrogens is 1. The average Bonchev–Trinajstić information content (AvgIpc) is 3.37. The molecule has 3 heterocycles. The van der Waals surface area contributed by atoms with Crippen molar-refractivity contribution in [1.29, 1.82) is 0 Å². The summed E-state index contributed by atoms with van der Waals surface area (Å²) in [7, 11) is 0. The summed E-state index contributed by atoms with van der Waals surface area (Å²) in [4.78, 5) is 44.6. The van der Waals surface area contributed by atoms with E-state index in [4.69, 9.17) is 5.11 Å². The van der Waals surface area contributed by atoms with Crippen LogP contribution in [0.1, 0.15) is 54.2 Å². The number of aliphatic carboxylic acids is 1. The summed E-state index contributed by atoms with van der Waals surface area (Å²) in [6, 6.07) is -0.496. The Bertz CT molecular complexity index is 762. The molecule has 3 aliphatic rings. The van der Waals surface area contributed by atoms with Crippen LogP contribution in [0.15, 0.2) is 11.0 Å². The topological polar surface area (TPSA) is 115 Å². The molecule has 0 bridgehead atoms. The molecule has 8 nitrogen and oxygen atoms in total.